The van der Waals surface area contributed by atoms with Gasteiger partial charge in [0.15, 0.2) is 0 Å². The molecule has 214 valence electrons. The van der Waals surface area contributed by atoms with Crippen molar-refractivity contribution in [3.63, 3.8) is 0 Å². The highest BCUT2D eigenvalue weighted by molar-refractivity contribution is 6.03. The Balaban J connectivity index is 1.39. The molecule has 0 bridgehead atoms. The summed E-state index contributed by atoms with van der Waals surface area (Å²) in [7, 11) is 1.94. The van der Waals surface area contributed by atoms with Gasteiger partial charge >= 0.3 is 5.97 Å². The lowest BCUT2D eigenvalue weighted by Gasteiger charge is -2.22. The minimum absolute atomic E-state index is 0.113. The van der Waals surface area contributed by atoms with E-state index in [9.17, 15) is 14.7 Å². The number of hydrogen-bond acceptors (Lipinski definition) is 5. The molecule has 0 unspecified atom stereocenters. The first-order valence-electron chi connectivity index (χ1n) is 14.0. The zero-order valence-electron chi connectivity index (χ0n) is 24.6. The second kappa shape index (κ2) is 12.9. The maximum absolute atomic E-state index is 11.8. The molecule has 1 amide bonds. The van der Waals surface area contributed by atoms with E-state index in [0.717, 1.165) is 36.2 Å². The zero-order chi connectivity index (χ0) is 29.6. The number of hydrazone groups is 1. The topological polar surface area (TPSA) is 86.3 Å². The van der Waals surface area contributed by atoms with Gasteiger partial charge in [-0.15, -0.1) is 0 Å². The summed E-state index contributed by atoms with van der Waals surface area (Å²) >= 11 is 0. The van der Waals surface area contributed by atoms with Crippen LogP contribution in [0.5, 0.6) is 0 Å². The summed E-state index contributed by atoms with van der Waals surface area (Å²) in [6.45, 7) is 9.79. The van der Waals surface area contributed by atoms with Gasteiger partial charge in [-0.2, -0.15) is 5.10 Å². The molecular weight excluding hydrogens is 514 g/mol. The molecule has 0 spiro atoms. The number of carbonyl (C=O) groups is 2. The number of benzene rings is 3. The highest BCUT2D eigenvalue weighted by atomic mass is 16.4. The lowest BCUT2D eigenvalue weighted by molar-refractivity contribution is -0.114. The van der Waals surface area contributed by atoms with Crippen LogP contribution in [0, 0.1) is 0 Å². The Labute approximate surface area is 242 Å². The predicted octanol–water partition coefficient (Wildman–Crippen LogP) is 7.34. The zero-order valence-corrected chi connectivity index (χ0v) is 24.6. The molecule has 0 saturated heterocycles. The van der Waals surface area contributed by atoms with Gasteiger partial charge in [-0.25, -0.2) is 4.79 Å². The van der Waals surface area contributed by atoms with E-state index in [1.807, 2.05) is 31.1 Å². The number of rotatable bonds is 11. The van der Waals surface area contributed by atoms with Gasteiger partial charge in [0, 0.05) is 25.4 Å². The van der Waals surface area contributed by atoms with E-state index in [0.29, 0.717) is 30.5 Å². The number of carbonyl (C=O) groups excluding carboxylic acids is 1. The van der Waals surface area contributed by atoms with E-state index in [4.69, 9.17) is 9.52 Å². The van der Waals surface area contributed by atoms with Crippen molar-refractivity contribution in [1.82, 2.24) is 9.91 Å². The molecule has 3 aromatic carbocycles. The van der Waals surface area contributed by atoms with Gasteiger partial charge in [0.2, 0.25) is 6.41 Å². The van der Waals surface area contributed by atoms with Crippen molar-refractivity contribution in [3.8, 4) is 11.1 Å². The molecule has 1 N–H and O–H groups in total. The minimum atomic E-state index is -1.00. The van der Waals surface area contributed by atoms with Crippen LogP contribution in [-0.4, -0.2) is 46.8 Å². The third kappa shape index (κ3) is 7.42. The van der Waals surface area contributed by atoms with Crippen molar-refractivity contribution in [2.75, 3.05) is 13.6 Å². The lowest BCUT2D eigenvalue weighted by atomic mass is 9.87. The quantitative estimate of drug-likeness (QED) is 0.0909. The third-order valence-electron chi connectivity index (χ3n) is 7.27. The van der Waals surface area contributed by atoms with Gasteiger partial charge in [-0.3, -0.25) is 9.80 Å². The minimum Gasteiger partial charge on any atom is -0.478 e. The molecule has 0 saturated carbocycles. The summed E-state index contributed by atoms with van der Waals surface area (Å²) in [5.74, 6) is -0.244. The Morgan fingerprint density at radius 3 is 2.24 bits per heavy atom. The van der Waals surface area contributed by atoms with Gasteiger partial charge < -0.3 is 14.4 Å². The molecule has 41 heavy (non-hydrogen) atoms. The van der Waals surface area contributed by atoms with Crippen LogP contribution in [0.1, 0.15) is 67.6 Å². The predicted molar refractivity (Wildman–Crippen MR) is 164 cm³/mol. The summed E-state index contributed by atoms with van der Waals surface area (Å²) in [4.78, 5) is 24.9. The Morgan fingerprint density at radius 1 is 0.976 bits per heavy atom. The fourth-order valence-electron chi connectivity index (χ4n) is 4.86. The van der Waals surface area contributed by atoms with Gasteiger partial charge in [-0.1, -0.05) is 75.4 Å². The van der Waals surface area contributed by atoms with Gasteiger partial charge in [0.05, 0.1) is 6.54 Å². The second-order valence-electron chi connectivity index (χ2n) is 11.4. The molecule has 1 aromatic heterocycles. The highest BCUT2D eigenvalue weighted by Crippen LogP contribution is 2.28. The van der Waals surface area contributed by atoms with Crippen molar-refractivity contribution in [2.24, 2.45) is 5.10 Å². The maximum Gasteiger partial charge on any atom is 0.339 e. The molecule has 0 fully saturated rings. The van der Waals surface area contributed by atoms with Gasteiger partial charge in [0.1, 0.15) is 23.2 Å². The van der Waals surface area contributed by atoms with Crippen molar-refractivity contribution in [1.29, 1.82) is 0 Å². The fraction of sp³-hybridized carbons (Fsp3) is 0.324. The molecule has 1 heterocycles. The number of nitrogens with zero attached hydrogens (tertiary/aromatic N) is 3. The molecule has 0 atom stereocenters. The molecule has 4 rings (SSSR count). The number of fused-ring (bicyclic) bond motifs is 1. The van der Waals surface area contributed by atoms with E-state index in [1.165, 1.54) is 23.0 Å². The number of furan rings is 1. The standard InChI is InChI=1S/C34H39N3O4/c1-6-37(23-38)32(35-36(5)21-25-12-17-28(18-13-25)34(2,3)4)9-7-8-24-10-14-26(15-11-24)27-16-19-31-29(20-27)30(22-41-31)33(39)40/h10-20,22-23H,6-9,21H2,1-5H3,(H,39,40)/b35-32-. The Kier molecular flexibility index (Phi) is 9.28. The summed E-state index contributed by atoms with van der Waals surface area (Å²) in [5.41, 5.74) is 6.42. The highest BCUT2D eigenvalue weighted by Gasteiger charge is 2.15. The van der Waals surface area contributed by atoms with Crippen molar-refractivity contribution >= 4 is 29.2 Å². The summed E-state index contributed by atoms with van der Waals surface area (Å²) in [6, 6.07) is 22.5. The van der Waals surface area contributed by atoms with Crippen LogP contribution in [0.2, 0.25) is 0 Å². The molecular formula is C34H39N3O4. The summed E-state index contributed by atoms with van der Waals surface area (Å²) in [6.07, 6.45) is 4.50. The lowest BCUT2D eigenvalue weighted by Crippen LogP contribution is -2.31. The SMILES string of the molecule is CCN(C=O)/C(CCCc1ccc(-c2ccc3occ(C(=O)O)c3c2)cc1)=N\N(C)Cc1ccc(C(C)(C)C)cc1. The van der Waals surface area contributed by atoms with E-state index in [-0.39, 0.29) is 11.0 Å². The summed E-state index contributed by atoms with van der Waals surface area (Å²) in [5, 5.41) is 16.7. The van der Waals surface area contributed by atoms with Crippen LogP contribution in [0.15, 0.2) is 82.5 Å². The van der Waals surface area contributed by atoms with Crippen molar-refractivity contribution in [2.45, 2.75) is 58.9 Å². The van der Waals surface area contributed by atoms with Gasteiger partial charge in [-0.05, 0) is 65.1 Å². The van der Waals surface area contributed by atoms with E-state index in [2.05, 4.69) is 69.3 Å². The third-order valence-corrected chi connectivity index (χ3v) is 7.27. The average Bonchev–Trinajstić information content (AvgIpc) is 3.37. The van der Waals surface area contributed by atoms with E-state index >= 15 is 0 Å². The molecule has 0 aliphatic heterocycles. The van der Waals surface area contributed by atoms with E-state index < -0.39 is 5.97 Å². The molecule has 7 nitrogen and oxygen atoms in total. The number of aryl methyl sites for hydroxylation is 1. The number of amides is 1. The normalized spacial score (nSPS) is 12.0. The molecule has 0 aliphatic rings. The smallest absolute Gasteiger partial charge is 0.339 e. The first-order valence-corrected chi connectivity index (χ1v) is 14.0. The number of hydrogen-bond donors (Lipinski definition) is 1. The van der Waals surface area contributed by atoms with Crippen LogP contribution in [0.4, 0.5) is 0 Å². The van der Waals surface area contributed by atoms with Crippen LogP contribution >= 0.6 is 0 Å². The monoisotopic (exact) mass is 553 g/mol. The average molecular weight is 554 g/mol. The van der Waals surface area contributed by atoms with Crippen LogP contribution in [-0.2, 0) is 23.2 Å². The Hall–Kier alpha value is -4.39. The van der Waals surface area contributed by atoms with Crippen LogP contribution in [0.3, 0.4) is 0 Å². The second-order valence-corrected chi connectivity index (χ2v) is 11.4. The first kappa shape index (κ1) is 29.6. The van der Waals surface area contributed by atoms with Crippen molar-refractivity contribution < 1.29 is 19.1 Å². The Morgan fingerprint density at radius 2 is 1.63 bits per heavy atom. The molecule has 0 radical (unpaired) electrons. The summed E-state index contributed by atoms with van der Waals surface area (Å²) < 4.78 is 5.37. The molecule has 0 aliphatic carbocycles. The molecule has 4 aromatic rings. The number of carboxylic acids is 1. The van der Waals surface area contributed by atoms with Gasteiger partial charge in [0.25, 0.3) is 0 Å². The largest absolute Gasteiger partial charge is 0.478 e. The van der Waals surface area contributed by atoms with Crippen LogP contribution < -0.4 is 0 Å². The molecule has 7 heteroatoms. The fourth-order valence-corrected chi connectivity index (χ4v) is 4.86. The number of amidine groups is 1. The van der Waals surface area contributed by atoms with Crippen LogP contribution in [0.25, 0.3) is 22.1 Å². The Bertz CT molecular complexity index is 1510. The first-order chi connectivity index (χ1) is 19.6. The number of carboxylic acid groups (broad SMARTS) is 1. The maximum atomic E-state index is 11.8. The van der Waals surface area contributed by atoms with Crippen molar-refractivity contribution in [3.05, 3.63) is 95.2 Å². The number of aromatic carboxylic acids is 1. The van der Waals surface area contributed by atoms with E-state index in [1.54, 1.807) is 11.0 Å².